The third-order valence-corrected chi connectivity index (χ3v) is 6.99. The van der Waals surface area contributed by atoms with Crippen LogP contribution in [0.1, 0.15) is 31.2 Å². The van der Waals surface area contributed by atoms with Gasteiger partial charge in [-0.15, -0.1) is 0 Å². The van der Waals surface area contributed by atoms with E-state index in [1.807, 2.05) is 18.3 Å². The summed E-state index contributed by atoms with van der Waals surface area (Å²) in [7, 11) is 0. The summed E-state index contributed by atoms with van der Waals surface area (Å²) in [6.07, 6.45) is 6.61. The summed E-state index contributed by atoms with van der Waals surface area (Å²) >= 11 is 6.28. The van der Waals surface area contributed by atoms with E-state index in [0.717, 1.165) is 54.6 Å². The van der Waals surface area contributed by atoms with Crippen molar-refractivity contribution in [3.8, 4) is 5.69 Å². The lowest BCUT2D eigenvalue weighted by atomic mass is 9.86. The first-order valence-electron chi connectivity index (χ1n) is 10.3. The number of benzene rings is 2. The highest BCUT2D eigenvalue weighted by molar-refractivity contribution is 6.32. The zero-order valence-corrected chi connectivity index (χ0v) is 17.1. The number of halogens is 2. The van der Waals surface area contributed by atoms with E-state index in [9.17, 15) is 9.50 Å². The average molecular weight is 414 g/mol. The highest BCUT2D eigenvalue weighted by Gasteiger charge is 2.37. The molecule has 0 atom stereocenters. The van der Waals surface area contributed by atoms with Gasteiger partial charge in [0.1, 0.15) is 11.5 Å². The number of aromatic nitrogens is 1. The van der Waals surface area contributed by atoms with Gasteiger partial charge in [-0.2, -0.15) is 0 Å². The van der Waals surface area contributed by atoms with Crippen LogP contribution in [0.3, 0.4) is 0 Å². The zero-order chi connectivity index (χ0) is 20.0. The van der Waals surface area contributed by atoms with Crippen LogP contribution in [-0.2, 0) is 6.61 Å². The van der Waals surface area contributed by atoms with Crippen LogP contribution in [-0.4, -0.2) is 34.8 Å². The van der Waals surface area contributed by atoms with Gasteiger partial charge in [-0.3, -0.25) is 0 Å². The Hall–Kier alpha value is -2.08. The van der Waals surface area contributed by atoms with Gasteiger partial charge in [0.15, 0.2) is 0 Å². The lowest BCUT2D eigenvalue weighted by Gasteiger charge is -2.41. The monoisotopic (exact) mass is 413 g/mol. The molecule has 3 heterocycles. The maximum atomic E-state index is 14.5. The van der Waals surface area contributed by atoms with Crippen molar-refractivity contribution in [3.05, 3.63) is 59.0 Å². The van der Waals surface area contributed by atoms with Gasteiger partial charge in [0.2, 0.25) is 0 Å². The van der Waals surface area contributed by atoms with E-state index in [4.69, 9.17) is 11.6 Å². The molecule has 6 heteroatoms. The molecule has 0 amide bonds. The minimum absolute atomic E-state index is 0.0540. The number of fused-ring (bicyclic) bond motifs is 1. The van der Waals surface area contributed by atoms with E-state index < -0.39 is 0 Å². The Labute approximate surface area is 174 Å². The second-order valence-electron chi connectivity index (χ2n) is 8.21. The second-order valence-corrected chi connectivity index (χ2v) is 8.62. The van der Waals surface area contributed by atoms with Crippen LogP contribution < -0.4 is 10.2 Å². The van der Waals surface area contributed by atoms with Gasteiger partial charge in [0, 0.05) is 41.5 Å². The number of para-hydroxylation sites is 1. The van der Waals surface area contributed by atoms with E-state index >= 15 is 0 Å². The number of nitrogens with one attached hydrogen (secondary N) is 1. The third-order valence-electron chi connectivity index (χ3n) is 6.69. The predicted molar refractivity (Wildman–Crippen MR) is 116 cm³/mol. The quantitative estimate of drug-likeness (QED) is 0.657. The molecule has 0 radical (unpaired) electrons. The molecular formula is C23H25ClFN3O. The maximum Gasteiger partial charge on any atom is 0.148 e. The van der Waals surface area contributed by atoms with Crippen LogP contribution in [0, 0.1) is 5.82 Å². The molecule has 29 heavy (non-hydrogen) atoms. The van der Waals surface area contributed by atoms with E-state index in [1.54, 1.807) is 16.7 Å². The first-order valence-corrected chi connectivity index (χ1v) is 10.7. The fraction of sp³-hybridized carbons (Fsp3) is 0.391. The van der Waals surface area contributed by atoms with Gasteiger partial charge < -0.3 is 19.9 Å². The van der Waals surface area contributed by atoms with Crippen molar-refractivity contribution in [2.24, 2.45) is 0 Å². The third kappa shape index (κ3) is 3.12. The molecular weight excluding hydrogens is 389 g/mol. The molecule has 2 aromatic carbocycles. The zero-order valence-electron chi connectivity index (χ0n) is 16.3. The molecule has 2 aliphatic rings. The summed E-state index contributed by atoms with van der Waals surface area (Å²) in [6.45, 7) is 3.03. The molecule has 2 aliphatic heterocycles. The predicted octanol–water partition coefficient (Wildman–Crippen LogP) is 4.64. The molecule has 2 saturated heterocycles. The summed E-state index contributed by atoms with van der Waals surface area (Å²) in [5.41, 5.74) is 3.46. The minimum Gasteiger partial charge on any atom is -0.392 e. The van der Waals surface area contributed by atoms with Gasteiger partial charge in [0.05, 0.1) is 17.1 Å². The van der Waals surface area contributed by atoms with E-state index in [-0.39, 0.29) is 12.4 Å². The summed E-state index contributed by atoms with van der Waals surface area (Å²) in [5, 5.41) is 15.2. The molecule has 152 valence electrons. The van der Waals surface area contributed by atoms with Crippen LogP contribution in [0.25, 0.3) is 16.6 Å². The van der Waals surface area contributed by atoms with Crippen molar-refractivity contribution in [1.82, 2.24) is 9.88 Å². The number of hydrogen-bond acceptors (Lipinski definition) is 3. The highest BCUT2D eigenvalue weighted by atomic mass is 35.5. The SMILES string of the molecule is OCc1c(N2CCC3(CCCN3)CC2)ccc2c1ccn2-c1c(F)cccc1Cl. The number of hydrogen-bond donors (Lipinski definition) is 2. The minimum atomic E-state index is -0.366. The molecule has 2 N–H and O–H groups in total. The smallest absolute Gasteiger partial charge is 0.148 e. The van der Waals surface area contributed by atoms with Crippen LogP contribution in [0.4, 0.5) is 10.1 Å². The van der Waals surface area contributed by atoms with E-state index in [1.165, 1.54) is 18.9 Å². The molecule has 2 fully saturated rings. The highest BCUT2D eigenvalue weighted by Crippen LogP contribution is 2.37. The molecule has 1 aromatic heterocycles. The van der Waals surface area contributed by atoms with Gasteiger partial charge in [-0.25, -0.2) is 4.39 Å². The summed E-state index contributed by atoms with van der Waals surface area (Å²) < 4.78 is 16.2. The number of aliphatic hydroxyl groups is 1. The second kappa shape index (κ2) is 7.31. The van der Waals surface area contributed by atoms with Gasteiger partial charge in [-0.1, -0.05) is 17.7 Å². The lowest BCUT2D eigenvalue weighted by Crippen LogP contribution is -2.50. The maximum absolute atomic E-state index is 14.5. The molecule has 5 rings (SSSR count). The Balaban J connectivity index is 1.53. The number of nitrogens with zero attached hydrogens (tertiary/aromatic N) is 2. The molecule has 0 unspecified atom stereocenters. The van der Waals surface area contributed by atoms with Crippen molar-refractivity contribution >= 4 is 28.2 Å². The fourth-order valence-electron chi connectivity index (χ4n) is 5.11. The summed E-state index contributed by atoms with van der Waals surface area (Å²) in [4.78, 5) is 2.38. The first kappa shape index (κ1) is 18.9. The van der Waals surface area contributed by atoms with Gasteiger partial charge >= 0.3 is 0 Å². The van der Waals surface area contributed by atoms with Crippen LogP contribution >= 0.6 is 11.6 Å². The molecule has 0 bridgehead atoms. The lowest BCUT2D eigenvalue weighted by molar-refractivity contribution is 0.280. The largest absolute Gasteiger partial charge is 0.392 e. The Kier molecular flexibility index (Phi) is 4.77. The molecule has 0 saturated carbocycles. The Morgan fingerprint density at radius 1 is 1.10 bits per heavy atom. The van der Waals surface area contributed by atoms with Crippen molar-refractivity contribution in [3.63, 3.8) is 0 Å². The van der Waals surface area contributed by atoms with Crippen LogP contribution in [0.2, 0.25) is 5.02 Å². The summed E-state index contributed by atoms with van der Waals surface area (Å²) in [6, 6.07) is 10.7. The van der Waals surface area contributed by atoms with Crippen molar-refractivity contribution < 1.29 is 9.50 Å². The Morgan fingerprint density at radius 3 is 2.62 bits per heavy atom. The summed E-state index contributed by atoms with van der Waals surface area (Å²) in [5.74, 6) is -0.366. The van der Waals surface area contributed by atoms with Crippen molar-refractivity contribution in [2.75, 3.05) is 24.5 Å². The number of anilines is 1. The van der Waals surface area contributed by atoms with Gasteiger partial charge in [0.25, 0.3) is 0 Å². The van der Waals surface area contributed by atoms with Crippen molar-refractivity contribution in [1.29, 1.82) is 0 Å². The average Bonchev–Trinajstić information content (AvgIpc) is 3.36. The van der Waals surface area contributed by atoms with Crippen LogP contribution in [0.15, 0.2) is 42.6 Å². The Bertz CT molecular complexity index is 1030. The van der Waals surface area contributed by atoms with E-state index in [0.29, 0.717) is 16.2 Å². The van der Waals surface area contributed by atoms with Crippen LogP contribution in [0.5, 0.6) is 0 Å². The molecule has 1 spiro atoms. The number of piperidine rings is 1. The fourth-order valence-corrected chi connectivity index (χ4v) is 5.37. The standard InChI is InChI=1S/C23H25ClFN3O/c24-18-3-1-4-19(25)22(18)28-12-7-16-17(15-29)20(5-6-21(16)28)27-13-9-23(10-14-27)8-2-11-26-23/h1,3-7,12,26,29H,2,8-11,13-15H2. The van der Waals surface area contributed by atoms with E-state index in [2.05, 4.69) is 16.3 Å². The molecule has 4 nitrogen and oxygen atoms in total. The van der Waals surface area contributed by atoms with Crippen molar-refractivity contribution in [2.45, 2.75) is 37.8 Å². The molecule has 3 aromatic rings. The van der Waals surface area contributed by atoms with Gasteiger partial charge in [-0.05, 0) is 62.6 Å². The molecule has 0 aliphatic carbocycles. The Morgan fingerprint density at radius 2 is 1.93 bits per heavy atom. The number of rotatable bonds is 3. The number of aliphatic hydroxyl groups excluding tert-OH is 1. The first-order chi connectivity index (χ1) is 14.1. The normalized spacial score (nSPS) is 18.8. The topological polar surface area (TPSA) is 40.4 Å².